The molecule has 0 radical (unpaired) electrons. The lowest BCUT2D eigenvalue weighted by molar-refractivity contribution is 1.24. The summed E-state index contributed by atoms with van der Waals surface area (Å²) in [5.74, 6) is 0. The maximum Gasteiger partial charge on any atom is 0.111 e. The van der Waals surface area contributed by atoms with Crippen LogP contribution in [0.4, 0.5) is 5.69 Å². The minimum absolute atomic E-state index is 0.665. The summed E-state index contributed by atoms with van der Waals surface area (Å²) in [6.07, 6.45) is 1.81. The summed E-state index contributed by atoms with van der Waals surface area (Å²) in [5, 5.41) is 1.12. The van der Waals surface area contributed by atoms with Crippen molar-refractivity contribution in [3.05, 3.63) is 54.2 Å². The van der Waals surface area contributed by atoms with Gasteiger partial charge in [0.25, 0.3) is 0 Å². The lowest BCUT2D eigenvalue weighted by atomic mass is 10.1. The Morgan fingerprint density at radius 3 is 2.72 bits per heavy atom. The van der Waals surface area contributed by atoms with Crippen molar-refractivity contribution in [1.82, 2.24) is 9.97 Å². The van der Waals surface area contributed by atoms with E-state index in [4.69, 9.17) is 5.73 Å². The van der Waals surface area contributed by atoms with Crippen LogP contribution in [-0.2, 0) is 0 Å². The van der Waals surface area contributed by atoms with Gasteiger partial charge in [0.1, 0.15) is 5.69 Å². The van der Waals surface area contributed by atoms with E-state index in [2.05, 4.69) is 9.97 Å². The van der Waals surface area contributed by atoms with E-state index in [1.807, 2.05) is 55.6 Å². The number of nitrogens with zero attached hydrogens (tertiary/aromatic N) is 2. The molecule has 88 valence electrons. The zero-order chi connectivity index (χ0) is 12.5. The molecule has 3 aromatic rings. The molecule has 0 bridgehead atoms. The van der Waals surface area contributed by atoms with Crippen molar-refractivity contribution < 1.29 is 0 Å². The van der Waals surface area contributed by atoms with Gasteiger partial charge in [-0.15, -0.1) is 0 Å². The second kappa shape index (κ2) is 4.11. The topological polar surface area (TPSA) is 51.8 Å². The third kappa shape index (κ3) is 1.80. The largest absolute Gasteiger partial charge is 0.397 e. The Kier molecular flexibility index (Phi) is 2.45. The Balaban J connectivity index is 2.19. The summed E-state index contributed by atoms with van der Waals surface area (Å²) in [6.45, 7) is 1.97. The second-order valence-corrected chi connectivity index (χ2v) is 4.34. The van der Waals surface area contributed by atoms with E-state index in [0.29, 0.717) is 5.69 Å². The van der Waals surface area contributed by atoms with Gasteiger partial charge >= 0.3 is 0 Å². The minimum atomic E-state index is 0.665. The number of anilines is 1. The first kappa shape index (κ1) is 10.7. The molecule has 3 rings (SSSR count). The number of rotatable bonds is 1. The van der Waals surface area contributed by atoms with Gasteiger partial charge in [0, 0.05) is 11.6 Å². The Morgan fingerprint density at radius 1 is 1.06 bits per heavy atom. The molecule has 0 amide bonds. The third-order valence-electron chi connectivity index (χ3n) is 2.89. The van der Waals surface area contributed by atoms with Gasteiger partial charge in [-0.1, -0.05) is 24.3 Å². The zero-order valence-corrected chi connectivity index (χ0v) is 10.1. The first-order valence-electron chi connectivity index (χ1n) is 5.82. The molecule has 0 fully saturated rings. The summed E-state index contributed by atoms with van der Waals surface area (Å²) in [6, 6.07) is 13.9. The van der Waals surface area contributed by atoms with Crippen molar-refractivity contribution in [3.8, 4) is 11.4 Å². The molecule has 1 aromatic carbocycles. The number of para-hydroxylation sites is 1. The number of nitrogens with two attached hydrogens (primary N) is 1. The maximum atomic E-state index is 5.99. The molecular weight excluding hydrogens is 222 g/mol. The van der Waals surface area contributed by atoms with E-state index in [1.165, 1.54) is 0 Å². The van der Waals surface area contributed by atoms with Crippen molar-refractivity contribution in [2.75, 3.05) is 5.73 Å². The molecule has 0 spiro atoms. The number of pyridine rings is 2. The average molecular weight is 235 g/mol. The smallest absolute Gasteiger partial charge is 0.111 e. The number of benzene rings is 1. The normalized spacial score (nSPS) is 10.7. The van der Waals surface area contributed by atoms with Crippen molar-refractivity contribution in [1.29, 1.82) is 0 Å². The van der Waals surface area contributed by atoms with Crippen LogP contribution in [0.5, 0.6) is 0 Å². The zero-order valence-electron chi connectivity index (χ0n) is 10.1. The number of fused-ring (bicyclic) bond motifs is 1. The van der Waals surface area contributed by atoms with Crippen molar-refractivity contribution in [2.24, 2.45) is 0 Å². The summed E-state index contributed by atoms with van der Waals surface area (Å²) >= 11 is 0. The molecule has 3 nitrogen and oxygen atoms in total. The molecule has 0 saturated carbocycles. The van der Waals surface area contributed by atoms with Crippen molar-refractivity contribution in [3.63, 3.8) is 0 Å². The molecule has 0 aliphatic heterocycles. The lowest BCUT2D eigenvalue weighted by Gasteiger charge is -2.06. The van der Waals surface area contributed by atoms with Crippen LogP contribution in [-0.4, -0.2) is 9.97 Å². The highest BCUT2D eigenvalue weighted by atomic mass is 14.8. The van der Waals surface area contributed by atoms with Gasteiger partial charge in [0.05, 0.1) is 16.9 Å². The lowest BCUT2D eigenvalue weighted by Crippen LogP contribution is -1.96. The molecule has 2 heterocycles. The predicted octanol–water partition coefficient (Wildman–Crippen LogP) is 3.19. The van der Waals surface area contributed by atoms with Crippen LogP contribution in [0, 0.1) is 6.92 Å². The minimum Gasteiger partial charge on any atom is -0.397 e. The van der Waals surface area contributed by atoms with Crippen molar-refractivity contribution >= 4 is 16.6 Å². The maximum absolute atomic E-state index is 5.99. The molecule has 2 N–H and O–H groups in total. The standard InChI is InChI=1S/C15H13N3/c1-10-8-12(16)15(17-9-10)14-7-6-11-4-2-3-5-13(11)18-14/h2-9H,16H2,1H3. The predicted molar refractivity (Wildman–Crippen MR) is 74.1 cm³/mol. The van der Waals surface area contributed by atoms with Crippen LogP contribution in [0.25, 0.3) is 22.3 Å². The van der Waals surface area contributed by atoms with Gasteiger partial charge < -0.3 is 5.73 Å². The summed E-state index contributed by atoms with van der Waals surface area (Å²) in [4.78, 5) is 8.96. The average Bonchev–Trinajstić information content (AvgIpc) is 2.38. The van der Waals surface area contributed by atoms with E-state index in [0.717, 1.165) is 27.9 Å². The number of hydrogen-bond acceptors (Lipinski definition) is 3. The first-order valence-corrected chi connectivity index (χ1v) is 5.82. The summed E-state index contributed by atoms with van der Waals surface area (Å²) in [5.41, 5.74) is 10.2. The van der Waals surface area contributed by atoms with E-state index >= 15 is 0 Å². The van der Waals surface area contributed by atoms with Gasteiger partial charge in [-0.05, 0) is 30.7 Å². The van der Waals surface area contributed by atoms with Crippen LogP contribution >= 0.6 is 0 Å². The Bertz CT molecular complexity index is 720. The van der Waals surface area contributed by atoms with E-state index < -0.39 is 0 Å². The highest BCUT2D eigenvalue weighted by molar-refractivity contribution is 5.82. The highest BCUT2D eigenvalue weighted by Gasteiger charge is 2.06. The van der Waals surface area contributed by atoms with Crippen LogP contribution in [0.1, 0.15) is 5.56 Å². The Labute approximate surface area is 105 Å². The fourth-order valence-corrected chi connectivity index (χ4v) is 2.00. The third-order valence-corrected chi connectivity index (χ3v) is 2.89. The SMILES string of the molecule is Cc1cnc(-c2ccc3ccccc3n2)c(N)c1. The molecule has 0 atom stereocenters. The van der Waals surface area contributed by atoms with Crippen LogP contribution in [0.15, 0.2) is 48.7 Å². The van der Waals surface area contributed by atoms with Gasteiger partial charge in [-0.25, -0.2) is 4.98 Å². The monoisotopic (exact) mass is 235 g/mol. The van der Waals surface area contributed by atoms with Crippen LogP contribution < -0.4 is 5.73 Å². The number of hydrogen-bond donors (Lipinski definition) is 1. The van der Waals surface area contributed by atoms with Crippen LogP contribution in [0.2, 0.25) is 0 Å². The second-order valence-electron chi connectivity index (χ2n) is 4.34. The van der Waals surface area contributed by atoms with Gasteiger partial charge in [-0.2, -0.15) is 0 Å². The molecule has 18 heavy (non-hydrogen) atoms. The fourth-order valence-electron chi connectivity index (χ4n) is 2.00. The highest BCUT2D eigenvalue weighted by Crippen LogP contribution is 2.24. The molecule has 0 aliphatic carbocycles. The number of nitrogen functional groups attached to an aromatic ring is 1. The molecule has 2 aromatic heterocycles. The Morgan fingerprint density at radius 2 is 1.89 bits per heavy atom. The molecule has 0 unspecified atom stereocenters. The van der Waals surface area contributed by atoms with Gasteiger partial charge in [0.15, 0.2) is 0 Å². The molecule has 0 aliphatic rings. The fraction of sp³-hybridized carbons (Fsp3) is 0.0667. The van der Waals surface area contributed by atoms with Crippen LogP contribution in [0.3, 0.4) is 0 Å². The van der Waals surface area contributed by atoms with Gasteiger partial charge in [0.2, 0.25) is 0 Å². The van der Waals surface area contributed by atoms with E-state index in [1.54, 1.807) is 0 Å². The van der Waals surface area contributed by atoms with E-state index in [-0.39, 0.29) is 0 Å². The summed E-state index contributed by atoms with van der Waals surface area (Å²) < 4.78 is 0. The van der Waals surface area contributed by atoms with Crippen molar-refractivity contribution in [2.45, 2.75) is 6.92 Å². The quantitative estimate of drug-likeness (QED) is 0.704. The van der Waals surface area contributed by atoms with E-state index in [9.17, 15) is 0 Å². The Hall–Kier alpha value is -2.42. The first-order chi connectivity index (χ1) is 8.74. The molecular formula is C15H13N3. The number of aromatic nitrogens is 2. The molecule has 3 heteroatoms. The molecule has 0 saturated heterocycles. The number of aryl methyl sites for hydroxylation is 1. The summed E-state index contributed by atoms with van der Waals surface area (Å²) in [7, 11) is 0. The van der Waals surface area contributed by atoms with Gasteiger partial charge in [-0.3, -0.25) is 4.98 Å².